The van der Waals surface area contributed by atoms with Crippen LogP contribution in [-0.2, 0) is 13.6 Å². The molecule has 2 aromatic heterocycles. The zero-order valence-corrected chi connectivity index (χ0v) is 19.5. The molecule has 7 nitrogen and oxygen atoms in total. The molecule has 4 rings (SSSR count). The minimum absolute atomic E-state index is 0.0397. The second-order valence-corrected chi connectivity index (χ2v) is 8.94. The highest BCUT2D eigenvalue weighted by molar-refractivity contribution is 5.88. The largest absolute Gasteiger partial charge is 0.364 e. The first-order valence-corrected chi connectivity index (χ1v) is 11.2. The highest BCUT2D eigenvalue weighted by atomic mass is 19.3. The van der Waals surface area contributed by atoms with Crippen molar-refractivity contribution >= 4 is 16.7 Å². The monoisotopic (exact) mass is 472 g/mol. The van der Waals surface area contributed by atoms with Crippen molar-refractivity contribution in [3.63, 3.8) is 0 Å². The fourth-order valence-electron chi connectivity index (χ4n) is 4.93. The number of hydrogen-bond acceptors (Lipinski definition) is 5. The molecule has 0 saturated carbocycles. The number of halogens is 3. The van der Waals surface area contributed by atoms with Crippen LogP contribution in [-0.4, -0.2) is 44.4 Å². The Bertz CT molecular complexity index is 1310. The molecule has 180 valence electrons. The van der Waals surface area contributed by atoms with Crippen molar-refractivity contribution in [2.24, 2.45) is 7.05 Å². The van der Waals surface area contributed by atoms with Gasteiger partial charge in [0.15, 0.2) is 0 Å². The number of hydrogen-bond donors (Lipinski definition) is 0. The molecular formula is C24H27F3N6O. The van der Waals surface area contributed by atoms with Gasteiger partial charge in [0.25, 0.3) is 12.0 Å². The van der Waals surface area contributed by atoms with E-state index in [0.29, 0.717) is 35.4 Å². The van der Waals surface area contributed by atoms with E-state index in [1.807, 2.05) is 20.8 Å². The highest BCUT2D eigenvalue weighted by Crippen LogP contribution is 2.35. The number of aromatic nitrogens is 3. The summed E-state index contributed by atoms with van der Waals surface area (Å²) in [5.41, 5.74) is 1.91. The summed E-state index contributed by atoms with van der Waals surface area (Å²) in [7, 11) is 1.67. The summed E-state index contributed by atoms with van der Waals surface area (Å²) in [4.78, 5) is 16.9. The number of piperazine rings is 1. The third-order valence-electron chi connectivity index (χ3n) is 6.74. The van der Waals surface area contributed by atoms with Crippen LogP contribution in [0.1, 0.15) is 44.4 Å². The van der Waals surface area contributed by atoms with Crippen LogP contribution in [0.15, 0.2) is 35.3 Å². The first-order chi connectivity index (χ1) is 16.1. The van der Waals surface area contributed by atoms with Crippen molar-refractivity contribution in [2.45, 2.75) is 51.9 Å². The Kier molecular flexibility index (Phi) is 6.41. The Morgan fingerprint density at radius 1 is 1.18 bits per heavy atom. The molecule has 10 heteroatoms. The fourth-order valence-corrected chi connectivity index (χ4v) is 4.93. The van der Waals surface area contributed by atoms with Gasteiger partial charge in [-0.05, 0) is 38.5 Å². The molecule has 0 radical (unpaired) electrons. The van der Waals surface area contributed by atoms with Crippen molar-refractivity contribution < 1.29 is 13.2 Å². The molecule has 34 heavy (non-hydrogen) atoms. The van der Waals surface area contributed by atoms with Crippen molar-refractivity contribution in [3.8, 4) is 6.07 Å². The molecule has 3 atom stereocenters. The summed E-state index contributed by atoms with van der Waals surface area (Å²) >= 11 is 0. The Balaban J connectivity index is 1.67. The summed E-state index contributed by atoms with van der Waals surface area (Å²) in [5.74, 6) is -0.678. The summed E-state index contributed by atoms with van der Waals surface area (Å²) in [5, 5.41) is 13.6. The number of rotatable bonds is 5. The Labute approximate surface area is 195 Å². The number of alkyl halides is 2. The van der Waals surface area contributed by atoms with E-state index in [0.717, 1.165) is 6.07 Å². The highest BCUT2D eigenvalue weighted by Gasteiger charge is 2.35. The lowest BCUT2D eigenvalue weighted by molar-refractivity contribution is 0.111. The molecule has 1 aromatic carbocycles. The Morgan fingerprint density at radius 2 is 1.91 bits per heavy atom. The SMILES string of the molecule is CC(c1ccc(F)cc1C(F)F)N1C[C@H](C)N(c2cc(=O)n(C)c3cn(CC#N)nc23)C[C@H]1C. The molecule has 0 bridgehead atoms. The fraction of sp³-hybridized carbons (Fsp3) is 0.458. The Morgan fingerprint density at radius 3 is 2.59 bits per heavy atom. The Hall–Kier alpha value is -3.32. The number of benzene rings is 1. The lowest BCUT2D eigenvalue weighted by atomic mass is 9.96. The average Bonchev–Trinajstić information content (AvgIpc) is 3.21. The van der Waals surface area contributed by atoms with Gasteiger partial charge >= 0.3 is 0 Å². The second kappa shape index (κ2) is 9.14. The molecule has 3 aromatic rings. The lowest BCUT2D eigenvalue weighted by Gasteiger charge is -2.48. The van der Waals surface area contributed by atoms with E-state index >= 15 is 0 Å². The topological polar surface area (TPSA) is 70.1 Å². The van der Waals surface area contributed by atoms with E-state index in [-0.39, 0.29) is 35.8 Å². The lowest BCUT2D eigenvalue weighted by Crippen LogP contribution is -2.57. The number of nitrogens with zero attached hydrogens (tertiary/aromatic N) is 6. The zero-order chi connectivity index (χ0) is 24.7. The molecule has 1 unspecified atom stereocenters. The first kappa shape index (κ1) is 23.8. The molecule has 0 amide bonds. The smallest absolute Gasteiger partial charge is 0.264 e. The molecule has 0 spiro atoms. The number of fused-ring (bicyclic) bond motifs is 1. The second-order valence-electron chi connectivity index (χ2n) is 8.94. The van der Waals surface area contributed by atoms with Gasteiger partial charge in [0.1, 0.15) is 17.9 Å². The van der Waals surface area contributed by atoms with Gasteiger partial charge in [-0.25, -0.2) is 13.2 Å². The molecule has 0 aliphatic carbocycles. The van der Waals surface area contributed by atoms with Crippen LogP contribution >= 0.6 is 0 Å². The normalized spacial score (nSPS) is 20.1. The molecule has 0 N–H and O–H groups in total. The van der Waals surface area contributed by atoms with Crippen molar-refractivity contribution in [1.82, 2.24) is 19.2 Å². The van der Waals surface area contributed by atoms with Crippen LogP contribution < -0.4 is 10.5 Å². The third kappa shape index (κ3) is 4.16. The van der Waals surface area contributed by atoms with Crippen molar-refractivity contribution in [3.05, 3.63) is 57.8 Å². The average molecular weight is 473 g/mol. The van der Waals surface area contributed by atoms with Gasteiger partial charge in [-0.3, -0.25) is 14.4 Å². The van der Waals surface area contributed by atoms with E-state index in [2.05, 4.69) is 21.0 Å². The van der Waals surface area contributed by atoms with Crippen LogP contribution in [0.25, 0.3) is 11.0 Å². The molecule has 1 fully saturated rings. The van der Waals surface area contributed by atoms with Gasteiger partial charge in [0, 0.05) is 49.9 Å². The summed E-state index contributed by atoms with van der Waals surface area (Å²) in [6.07, 6.45) is -1.07. The van der Waals surface area contributed by atoms with Crippen LogP contribution in [0.3, 0.4) is 0 Å². The number of anilines is 1. The third-order valence-corrected chi connectivity index (χ3v) is 6.74. The van der Waals surface area contributed by atoms with Crippen LogP contribution in [0.2, 0.25) is 0 Å². The van der Waals surface area contributed by atoms with Gasteiger partial charge < -0.3 is 9.47 Å². The maximum atomic E-state index is 13.6. The molecule has 1 saturated heterocycles. The molecule has 3 heterocycles. The van der Waals surface area contributed by atoms with Gasteiger partial charge in [-0.15, -0.1) is 0 Å². The van der Waals surface area contributed by atoms with Gasteiger partial charge in [-0.1, -0.05) is 6.07 Å². The summed E-state index contributed by atoms with van der Waals surface area (Å²) in [6.45, 7) is 7.05. The quantitative estimate of drug-likeness (QED) is 0.562. The van der Waals surface area contributed by atoms with E-state index in [1.165, 1.54) is 21.4 Å². The predicted molar refractivity (Wildman–Crippen MR) is 123 cm³/mol. The number of nitriles is 1. The zero-order valence-electron chi connectivity index (χ0n) is 19.5. The summed E-state index contributed by atoms with van der Waals surface area (Å²) in [6, 6.07) is 6.76. The first-order valence-electron chi connectivity index (χ1n) is 11.2. The van der Waals surface area contributed by atoms with Crippen LogP contribution in [0, 0.1) is 17.1 Å². The molecule has 1 aliphatic heterocycles. The van der Waals surface area contributed by atoms with E-state index in [4.69, 9.17) is 5.26 Å². The van der Waals surface area contributed by atoms with Crippen LogP contribution in [0.5, 0.6) is 0 Å². The van der Waals surface area contributed by atoms with E-state index in [1.54, 1.807) is 19.3 Å². The van der Waals surface area contributed by atoms with E-state index in [9.17, 15) is 18.0 Å². The number of pyridine rings is 1. The predicted octanol–water partition coefficient (Wildman–Crippen LogP) is 4.00. The molecular weight excluding hydrogens is 445 g/mol. The number of aryl methyl sites for hydroxylation is 1. The standard InChI is InChI=1S/C24H27F3N6O/c1-14-12-33(20-10-22(34)30(4)21-13-31(8-7-28)29-23(20)21)15(2)11-32(14)16(3)18-6-5-17(25)9-19(18)24(26)27/h5-6,9-10,13-16,24H,8,11-12H2,1-4H3/t14-,15+,16?/m1/s1. The van der Waals surface area contributed by atoms with Crippen molar-refractivity contribution in [2.75, 3.05) is 18.0 Å². The van der Waals surface area contributed by atoms with Gasteiger partial charge in [-0.2, -0.15) is 10.4 Å². The van der Waals surface area contributed by atoms with Crippen LogP contribution in [0.4, 0.5) is 18.9 Å². The maximum Gasteiger partial charge on any atom is 0.264 e. The maximum absolute atomic E-state index is 13.6. The molecule has 1 aliphatic rings. The van der Waals surface area contributed by atoms with E-state index < -0.39 is 12.2 Å². The van der Waals surface area contributed by atoms with Crippen molar-refractivity contribution in [1.29, 1.82) is 5.26 Å². The van der Waals surface area contributed by atoms with Gasteiger partial charge in [0.05, 0.1) is 23.5 Å². The van der Waals surface area contributed by atoms with Gasteiger partial charge in [0.2, 0.25) is 0 Å². The summed E-state index contributed by atoms with van der Waals surface area (Å²) < 4.78 is 43.9. The minimum atomic E-state index is -2.76. The minimum Gasteiger partial charge on any atom is -0.364 e.